The molecule has 1 aromatic rings. The van der Waals surface area contributed by atoms with Gasteiger partial charge in [0, 0.05) is 18.5 Å². The van der Waals surface area contributed by atoms with E-state index in [1.54, 1.807) is 0 Å². The third-order valence-corrected chi connectivity index (χ3v) is 3.75. The predicted molar refractivity (Wildman–Crippen MR) is 73.3 cm³/mol. The van der Waals surface area contributed by atoms with Crippen molar-refractivity contribution < 1.29 is 4.79 Å². The molecule has 3 nitrogen and oxygen atoms in total. The van der Waals surface area contributed by atoms with Gasteiger partial charge in [-0.15, -0.1) is 0 Å². The number of nitrogens with two attached hydrogens (primary N) is 1. The van der Waals surface area contributed by atoms with Crippen molar-refractivity contribution in [3.8, 4) is 0 Å². The fourth-order valence-corrected chi connectivity index (χ4v) is 2.18. The Hall–Kier alpha value is -1.35. The van der Waals surface area contributed by atoms with Gasteiger partial charge >= 0.3 is 0 Å². The monoisotopic (exact) mass is 246 g/mol. The van der Waals surface area contributed by atoms with Crippen molar-refractivity contribution in [2.24, 2.45) is 5.73 Å². The van der Waals surface area contributed by atoms with E-state index in [0.29, 0.717) is 13.0 Å². The van der Waals surface area contributed by atoms with E-state index in [9.17, 15) is 4.79 Å². The highest BCUT2D eigenvalue weighted by Gasteiger charge is 2.32. The van der Waals surface area contributed by atoms with E-state index < -0.39 is 0 Å². The number of rotatable bonds is 5. The Bertz CT molecular complexity index is 407. The molecular formula is C15H22N2O. The molecule has 3 heteroatoms. The molecular weight excluding hydrogens is 224 g/mol. The molecule has 0 radical (unpaired) electrons. The largest absolute Gasteiger partial charge is 0.354 e. The van der Waals surface area contributed by atoms with E-state index >= 15 is 0 Å². The van der Waals surface area contributed by atoms with Crippen LogP contribution in [0.2, 0.25) is 0 Å². The third kappa shape index (κ3) is 3.57. The van der Waals surface area contributed by atoms with Crippen molar-refractivity contribution in [3.05, 3.63) is 35.4 Å². The van der Waals surface area contributed by atoms with Crippen LogP contribution in [-0.4, -0.2) is 18.0 Å². The van der Waals surface area contributed by atoms with Crippen molar-refractivity contribution in [1.82, 2.24) is 5.32 Å². The van der Waals surface area contributed by atoms with Gasteiger partial charge in [0.05, 0.1) is 0 Å². The van der Waals surface area contributed by atoms with Crippen LogP contribution >= 0.6 is 0 Å². The Kier molecular flexibility index (Phi) is 4.02. The van der Waals surface area contributed by atoms with E-state index in [-0.39, 0.29) is 11.4 Å². The normalized spacial score (nSPS) is 17.0. The minimum atomic E-state index is -0.125. The smallest absolute Gasteiger partial charge is 0.220 e. The van der Waals surface area contributed by atoms with E-state index in [1.165, 1.54) is 17.5 Å². The van der Waals surface area contributed by atoms with Gasteiger partial charge in [0.15, 0.2) is 0 Å². The summed E-state index contributed by atoms with van der Waals surface area (Å²) in [4.78, 5) is 11.7. The van der Waals surface area contributed by atoms with Crippen LogP contribution in [0.4, 0.5) is 0 Å². The van der Waals surface area contributed by atoms with Gasteiger partial charge in [-0.1, -0.05) is 29.8 Å². The molecule has 1 amide bonds. The fourth-order valence-electron chi connectivity index (χ4n) is 2.18. The summed E-state index contributed by atoms with van der Waals surface area (Å²) in [7, 11) is 0. The van der Waals surface area contributed by atoms with Gasteiger partial charge in [-0.25, -0.2) is 0 Å². The van der Waals surface area contributed by atoms with Crippen molar-refractivity contribution in [1.29, 1.82) is 0 Å². The van der Waals surface area contributed by atoms with Gasteiger partial charge in [-0.3, -0.25) is 4.79 Å². The van der Waals surface area contributed by atoms with Crippen molar-refractivity contribution in [3.63, 3.8) is 0 Å². The van der Waals surface area contributed by atoms with Crippen LogP contribution in [0.1, 0.15) is 36.8 Å². The minimum absolute atomic E-state index is 0.104. The van der Waals surface area contributed by atoms with E-state index in [2.05, 4.69) is 36.5 Å². The van der Waals surface area contributed by atoms with Gasteiger partial charge in [0.1, 0.15) is 0 Å². The standard InChI is InChI=1S/C15H22N2O/c1-12-3-5-13(6-4-12)7-8-14(18)17-11-15(16)9-2-10-15/h3-6H,2,7-11,16H2,1H3,(H,17,18). The molecule has 18 heavy (non-hydrogen) atoms. The Labute approximate surface area is 109 Å². The average Bonchev–Trinajstić information content (AvgIpc) is 2.33. The van der Waals surface area contributed by atoms with Crippen LogP contribution in [0.15, 0.2) is 24.3 Å². The molecule has 2 rings (SSSR count). The summed E-state index contributed by atoms with van der Waals surface area (Å²) < 4.78 is 0. The lowest BCUT2D eigenvalue weighted by atomic mass is 9.78. The lowest BCUT2D eigenvalue weighted by molar-refractivity contribution is -0.121. The number of benzene rings is 1. The first kappa shape index (κ1) is 13.1. The zero-order valence-corrected chi connectivity index (χ0v) is 11.0. The molecule has 1 aliphatic carbocycles. The average molecular weight is 246 g/mol. The Morgan fingerprint density at radius 2 is 2.00 bits per heavy atom. The van der Waals surface area contributed by atoms with Crippen molar-refractivity contribution in [2.75, 3.05) is 6.54 Å². The molecule has 0 heterocycles. The minimum Gasteiger partial charge on any atom is -0.354 e. The van der Waals surface area contributed by atoms with Crippen molar-refractivity contribution >= 4 is 5.91 Å². The van der Waals surface area contributed by atoms with Crippen LogP contribution in [0.5, 0.6) is 0 Å². The molecule has 0 spiro atoms. The fraction of sp³-hybridized carbons (Fsp3) is 0.533. The lowest BCUT2D eigenvalue weighted by Crippen LogP contribution is -2.54. The molecule has 0 saturated heterocycles. The number of amides is 1. The molecule has 0 unspecified atom stereocenters. The maximum atomic E-state index is 11.7. The van der Waals surface area contributed by atoms with Gasteiger partial charge in [-0.05, 0) is 38.2 Å². The zero-order chi connectivity index (χ0) is 13.0. The second kappa shape index (κ2) is 5.53. The first-order chi connectivity index (χ1) is 8.57. The lowest BCUT2D eigenvalue weighted by Gasteiger charge is -2.38. The highest BCUT2D eigenvalue weighted by atomic mass is 16.1. The third-order valence-electron chi connectivity index (χ3n) is 3.75. The number of carbonyl (C=O) groups is 1. The maximum Gasteiger partial charge on any atom is 0.220 e. The molecule has 1 fully saturated rings. The zero-order valence-electron chi connectivity index (χ0n) is 11.0. The summed E-state index contributed by atoms with van der Waals surface area (Å²) >= 11 is 0. The Morgan fingerprint density at radius 3 is 2.56 bits per heavy atom. The molecule has 98 valence electrons. The summed E-state index contributed by atoms with van der Waals surface area (Å²) in [5.74, 6) is 0.104. The molecule has 0 aliphatic heterocycles. The topological polar surface area (TPSA) is 55.1 Å². The molecule has 0 atom stereocenters. The highest BCUT2D eigenvalue weighted by Crippen LogP contribution is 2.27. The molecule has 1 aromatic carbocycles. The Balaban J connectivity index is 1.69. The van der Waals surface area contributed by atoms with Gasteiger partial charge in [0.25, 0.3) is 0 Å². The second-order valence-corrected chi connectivity index (χ2v) is 5.48. The Morgan fingerprint density at radius 1 is 1.33 bits per heavy atom. The summed E-state index contributed by atoms with van der Waals surface area (Å²) in [5, 5.41) is 2.94. The first-order valence-corrected chi connectivity index (χ1v) is 6.69. The van der Waals surface area contributed by atoms with Crippen LogP contribution in [0.25, 0.3) is 0 Å². The van der Waals surface area contributed by atoms with E-state index in [4.69, 9.17) is 5.73 Å². The second-order valence-electron chi connectivity index (χ2n) is 5.48. The number of hydrogen-bond acceptors (Lipinski definition) is 2. The van der Waals surface area contributed by atoms with Crippen LogP contribution < -0.4 is 11.1 Å². The summed E-state index contributed by atoms with van der Waals surface area (Å²) in [5.41, 5.74) is 8.39. The highest BCUT2D eigenvalue weighted by molar-refractivity contribution is 5.76. The number of aryl methyl sites for hydroxylation is 2. The molecule has 0 bridgehead atoms. The van der Waals surface area contributed by atoms with E-state index in [0.717, 1.165) is 19.3 Å². The maximum absolute atomic E-state index is 11.7. The molecule has 1 saturated carbocycles. The summed E-state index contributed by atoms with van der Waals surface area (Å²) in [6, 6.07) is 8.32. The number of nitrogens with one attached hydrogen (secondary N) is 1. The SMILES string of the molecule is Cc1ccc(CCC(=O)NCC2(N)CCC2)cc1. The van der Waals surface area contributed by atoms with Crippen molar-refractivity contribution in [2.45, 2.75) is 44.6 Å². The van der Waals surface area contributed by atoms with Gasteiger partial charge < -0.3 is 11.1 Å². The number of carbonyl (C=O) groups excluding carboxylic acids is 1. The van der Waals surface area contributed by atoms with Gasteiger partial charge in [0.2, 0.25) is 5.91 Å². The van der Waals surface area contributed by atoms with Crippen LogP contribution in [0, 0.1) is 6.92 Å². The van der Waals surface area contributed by atoms with E-state index in [1.807, 2.05) is 0 Å². The molecule has 3 N–H and O–H groups in total. The summed E-state index contributed by atoms with van der Waals surface area (Å²) in [6.07, 6.45) is 4.59. The molecule has 0 aromatic heterocycles. The predicted octanol–water partition coefficient (Wildman–Crippen LogP) is 1.93. The quantitative estimate of drug-likeness (QED) is 0.834. The summed E-state index contributed by atoms with van der Waals surface area (Å²) in [6.45, 7) is 2.69. The molecule has 1 aliphatic rings. The first-order valence-electron chi connectivity index (χ1n) is 6.69. The van der Waals surface area contributed by atoms with Gasteiger partial charge in [-0.2, -0.15) is 0 Å². The van der Waals surface area contributed by atoms with Crippen LogP contribution in [0.3, 0.4) is 0 Å². The number of hydrogen-bond donors (Lipinski definition) is 2. The van der Waals surface area contributed by atoms with Crippen LogP contribution in [-0.2, 0) is 11.2 Å².